The van der Waals surface area contributed by atoms with E-state index >= 15 is 0 Å². The van der Waals surface area contributed by atoms with Crippen molar-refractivity contribution in [2.24, 2.45) is 0 Å². The first-order valence-electron chi connectivity index (χ1n) is 5.66. The average molecular weight is 248 g/mol. The van der Waals surface area contributed by atoms with Crippen molar-refractivity contribution in [1.29, 1.82) is 0 Å². The highest BCUT2D eigenvalue weighted by atomic mass is 19.1. The fraction of sp³-hybridized carbons (Fsp3) is 0.200. The molecule has 1 unspecified atom stereocenters. The second kappa shape index (κ2) is 4.50. The first-order chi connectivity index (χ1) is 8.41. The van der Waals surface area contributed by atoms with Gasteiger partial charge in [-0.2, -0.15) is 0 Å². The topological polar surface area (TPSA) is 20.2 Å². The summed E-state index contributed by atoms with van der Waals surface area (Å²) in [5.74, 6) is -0.775. The number of aliphatic hydroxyl groups is 1. The molecule has 0 saturated heterocycles. The molecule has 18 heavy (non-hydrogen) atoms. The Bertz CT molecular complexity index is 559. The molecule has 0 aliphatic carbocycles. The van der Waals surface area contributed by atoms with Crippen LogP contribution in [-0.2, 0) is 5.60 Å². The van der Waals surface area contributed by atoms with Gasteiger partial charge in [-0.3, -0.25) is 0 Å². The van der Waals surface area contributed by atoms with Gasteiger partial charge in [-0.1, -0.05) is 18.2 Å². The van der Waals surface area contributed by atoms with Crippen LogP contribution in [0.25, 0.3) is 0 Å². The smallest absolute Gasteiger partial charge is 0.123 e. The van der Waals surface area contributed by atoms with Crippen LogP contribution in [0.15, 0.2) is 42.5 Å². The van der Waals surface area contributed by atoms with E-state index < -0.39 is 11.4 Å². The summed E-state index contributed by atoms with van der Waals surface area (Å²) in [7, 11) is 0. The first-order valence-corrected chi connectivity index (χ1v) is 5.66. The highest BCUT2D eigenvalue weighted by Crippen LogP contribution is 2.31. The minimum absolute atomic E-state index is 0.370. The summed E-state index contributed by atoms with van der Waals surface area (Å²) in [4.78, 5) is 0. The van der Waals surface area contributed by atoms with Gasteiger partial charge in [0.15, 0.2) is 0 Å². The maximum Gasteiger partial charge on any atom is 0.123 e. The zero-order valence-electron chi connectivity index (χ0n) is 10.2. The minimum atomic E-state index is -1.35. The van der Waals surface area contributed by atoms with Crippen LogP contribution in [0, 0.1) is 18.6 Å². The van der Waals surface area contributed by atoms with Crippen LogP contribution in [-0.4, -0.2) is 5.11 Å². The molecule has 0 aliphatic rings. The van der Waals surface area contributed by atoms with Gasteiger partial charge in [-0.15, -0.1) is 0 Å². The molecule has 2 aromatic carbocycles. The Balaban J connectivity index is 2.53. The molecular formula is C15H14F2O. The molecule has 0 amide bonds. The summed E-state index contributed by atoms with van der Waals surface area (Å²) in [5, 5.41) is 10.6. The van der Waals surface area contributed by atoms with E-state index in [4.69, 9.17) is 0 Å². The molecule has 1 N–H and O–H groups in total. The maximum atomic E-state index is 13.3. The summed E-state index contributed by atoms with van der Waals surface area (Å²) in [6.45, 7) is 3.37. The van der Waals surface area contributed by atoms with Gasteiger partial charge in [0, 0.05) is 0 Å². The van der Waals surface area contributed by atoms with Gasteiger partial charge in [0.05, 0.1) is 0 Å². The molecule has 0 spiro atoms. The molecule has 2 aromatic rings. The normalized spacial score (nSPS) is 14.3. The number of rotatable bonds is 2. The third kappa shape index (κ3) is 2.27. The molecule has 0 aromatic heterocycles. The first kappa shape index (κ1) is 12.7. The predicted molar refractivity (Wildman–Crippen MR) is 66.2 cm³/mol. The zero-order chi connectivity index (χ0) is 13.3. The van der Waals surface area contributed by atoms with Crippen molar-refractivity contribution >= 4 is 0 Å². The second-order valence-corrected chi connectivity index (χ2v) is 4.54. The number of hydrogen-bond acceptors (Lipinski definition) is 1. The monoisotopic (exact) mass is 248 g/mol. The SMILES string of the molecule is Cc1ccc(F)cc1C(C)(O)c1ccc(F)cc1. The van der Waals surface area contributed by atoms with E-state index in [1.54, 1.807) is 19.9 Å². The van der Waals surface area contributed by atoms with E-state index in [0.29, 0.717) is 11.1 Å². The molecule has 0 fully saturated rings. The van der Waals surface area contributed by atoms with Crippen LogP contribution in [0.3, 0.4) is 0 Å². The molecular weight excluding hydrogens is 234 g/mol. The Labute approximate surface area is 105 Å². The maximum absolute atomic E-state index is 13.3. The number of halogens is 2. The third-order valence-electron chi connectivity index (χ3n) is 3.13. The summed E-state index contributed by atoms with van der Waals surface area (Å²) in [6.07, 6.45) is 0. The third-order valence-corrected chi connectivity index (χ3v) is 3.13. The fourth-order valence-electron chi connectivity index (χ4n) is 2.05. The lowest BCUT2D eigenvalue weighted by atomic mass is 9.85. The Hall–Kier alpha value is -1.74. The van der Waals surface area contributed by atoms with E-state index in [2.05, 4.69) is 0 Å². The molecule has 0 aliphatic heterocycles. The summed E-state index contributed by atoms with van der Waals surface area (Å²) >= 11 is 0. The largest absolute Gasteiger partial charge is 0.381 e. The van der Waals surface area contributed by atoms with Crippen molar-refractivity contribution in [2.45, 2.75) is 19.4 Å². The lowest BCUT2D eigenvalue weighted by molar-refractivity contribution is 0.101. The van der Waals surface area contributed by atoms with Crippen LogP contribution < -0.4 is 0 Å². The summed E-state index contributed by atoms with van der Waals surface area (Å²) in [5.41, 5.74) is 0.442. The average Bonchev–Trinajstić information content (AvgIpc) is 2.32. The molecule has 0 radical (unpaired) electrons. The molecule has 0 heterocycles. The minimum Gasteiger partial charge on any atom is -0.381 e. The van der Waals surface area contributed by atoms with E-state index in [1.165, 1.54) is 36.4 Å². The van der Waals surface area contributed by atoms with Crippen LogP contribution in [0.2, 0.25) is 0 Å². The van der Waals surface area contributed by atoms with Crippen LogP contribution >= 0.6 is 0 Å². The number of benzene rings is 2. The Morgan fingerprint density at radius 1 is 0.944 bits per heavy atom. The fourth-order valence-corrected chi connectivity index (χ4v) is 2.05. The van der Waals surface area contributed by atoms with Gasteiger partial charge in [-0.05, 0) is 54.8 Å². The van der Waals surface area contributed by atoms with Crippen molar-refractivity contribution in [3.8, 4) is 0 Å². The molecule has 0 bridgehead atoms. The molecule has 2 rings (SSSR count). The van der Waals surface area contributed by atoms with Crippen molar-refractivity contribution < 1.29 is 13.9 Å². The molecule has 1 nitrogen and oxygen atoms in total. The Morgan fingerprint density at radius 2 is 1.50 bits per heavy atom. The van der Waals surface area contributed by atoms with Gasteiger partial charge in [-0.25, -0.2) is 8.78 Å². The lowest BCUT2D eigenvalue weighted by Crippen LogP contribution is -2.24. The van der Waals surface area contributed by atoms with Gasteiger partial charge in [0.1, 0.15) is 17.2 Å². The molecule has 1 atom stereocenters. The van der Waals surface area contributed by atoms with E-state index in [9.17, 15) is 13.9 Å². The lowest BCUT2D eigenvalue weighted by Gasteiger charge is -2.26. The van der Waals surface area contributed by atoms with Crippen LogP contribution in [0.5, 0.6) is 0 Å². The van der Waals surface area contributed by atoms with Crippen molar-refractivity contribution in [3.63, 3.8) is 0 Å². The van der Waals surface area contributed by atoms with Crippen LogP contribution in [0.1, 0.15) is 23.6 Å². The molecule has 3 heteroatoms. The summed E-state index contributed by atoms with van der Waals surface area (Å²) < 4.78 is 26.2. The van der Waals surface area contributed by atoms with E-state index in [0.717, 1.165) is 5.56 Å². The Kier molecular flexibility index (Phi) is 3.18. The van der Waals surface area contributed by atoms with E-state index in [-0.39, 0.29) is 5.82 Å². The van der Waals surface area contributed by atoms with Crippen molar-refractivity contribution in [1.82, 2.24) is 0 Å². The highest BCUT2D eigenvalue weighted by molar-refractivity contribution is 5.40. The quantitative estimate of drug-likeness (QED) is 0.862. The number of hydrogen-bond donors (Lipinski definition) is 1. The van der Waals surface area contributed by atoms with Crippen molar-refractivity contribution in [3.05, 3.63) is 70.8 Å². The Morgan fingerprint density at radius 3 is 2.11 bits per heavy atom. The van der Waals surface area contributed by atoms with Crippen LogP contribution in [0.4, 0.5) is 8.78 Å². The second-order valence-electron chi connectivity index (χ2n) is 4.54. The predicted octanol–water partition coefficient (Wildman–Crippen LogP) is 3.53. The van der Waals surface area contributed by atoms with Gasteiger partial charge < -0.3 is 5.11 Å². The highest BCUT2D eigenvalue weighted by Gasteiger charge is 2.27. The van der Waals surface area contributed by atoms with E-state index in [1.807, 2.05) is 0 Å². The van der Waals surface area contributed by atoms with Gasteiger partial charge in [0.25, 0.3) is 0 Å². The standard InChI is InChI=1S/C15H14F2O/c1-10-3-6-13(17)9-14(10)15(2,18)11-4-7-12(16)8-5-11/h3-9,18H,1-2H3. The molecule has 94 valence electrons. The van der Waals surface area contributed by atoms with Gasteiger partial charge >= 0.3 is 0 Å². The van der Waals surface area contributed by atoms with Gasteiger partial charge in [0.2, 0.25) is 0 Å². The zero-order valence-corrected chi connectivity index (χ0v) is 10.2. The summed E-state index contributed by atoms with van der Waals surface area (Å²) in [6, 6.07) is 9.82. The van der Waals surface area contributed by atoms with Crippen molar-refractivity contribution in [2.75, 3.05) is 0 Å². The number of aryl methyl sites for hydroxylation is 1. The molecule has 0 saturated carbocycles.